The van der Waals surface area contributed by atoms with Crippen LogP contribution in [0.1, 0.15) is 33.1 Å². The van der Waals surface area contributed by atoms with Crippen molar-refractivity contribution in [2.75, 3.05) is 6.54 Å². The molecule has 12 heavy (non-hydrogen) atoms. The number of aliphatic hydroxyl groups excluding tert-OH is 1. The van der Waals surface area contributed by atoms with E-state index in [9.17, 15) is 5.11 Å². The zero-order chi connectivity index (χ0) is 8.77. The molecule has 0 amide bonds. The fraction of sp³-hybridized carbons (Fsp3) is 0.900. The predicted octanol–water partition coefficient (Wildman–Crippen LogP) is 1.20. The molecule has 2 rings (SSSR count). The van der Waals surface area contributed by atoms with Crippen LogP contribution in [-0.4, -0.2) is 34.2 Å². The summed E-state index contributed by atoms with van der Waals surface area (Å²) in [5, 5.41) is 9.65. The number of hydrogen-bond donors (Lipinski definition) is 1. The van der Waals surface area contributed by atoms with Crippen molar-refractivity contribution in [1.29, 1.82) is 0 Å². The first-order chi connectivity index (χ1) is 5.59. The average Bonchev–Trinajstić information content (AvgIpc) is 2.32. The lowest BCUT2D eigenvalue weighted by molar-refractivity contribution is -0.0200. The monoisotopic (exact) mass is 168 g/mol. The normalized spacial score (nSPS) is 40.6. The van der Waals surface area contributed by atoms with Crippen LogP contribution in [0.4, 0.5) is 0 Å². The minimum Gasteiger partial charge on any atom is -0.393 e. The van der Waals surface area contributed by atoms with E-state index in [0.717, 1.165) is 19.4 Å². The van der Waals surface area contributed by atoms with Crippen molar-refractivity contribution in [2.24, 2.45) is 0 Å². The van der Waals surface area contributed by atoms with E-state index in [-0.39, 0.29) is 11.6 Å². The summed E-state index contributed by atoms with van der Waals surface area (Å²) in [6.07, 6.45) is 5.33. The van der Waals surface area contributed by atoms with E-state index in [4.69, 9.17) is 0 Å². The van der Waals surface area contributed by atoms with Gasteiger partial charge in [0.1, 0.15) is 13.0 Å². The van der Waals surface area contributed by atoms with Crippen LogP contribution < -0.4 is 0 Å². The molecule has 2 nitrogen and oxygen atoms in total. The van der Waals surface area contributed by atoms with E-state index in [1.165, 1.54) is 6.42 Å². The van der Waals surface area contributed by atoms with Crippen molar-refractivity contribution in [3.63, 3.8) is 0 Å². The Morgan fingerprint density at radius 1 is 1.50 bits per heavy atom. The maximum absolute atomic E-state index is 9.65. The third-order valence-electron chi connectivity index (χ3n) is 3.26. The van der Waals surface area contributed by atoms with Gasteiger partial charge in [-0.05, 0) is 26.7 Å². The Labute approximate surface area is 74.6 Å². The molecule has 0 spiro atoms. The lowest BCUT2D eigenvalue weighted by atomic mass is 9.85. The summed E-state index contributed by atoms with van der Waals surface area (Å²) in [5.74, 6) is 0. The molecule has 2 aliphatic heterocycles. The van der Waals surface area contributed by atoms with E-state index >= 15 is 0 Å². The Kier molecular flexibility index (Phi) is 1.85. The smallest absolute Gasteiger partial charge is 0.142 e. The number of fused-ring (bicyclic) bond motifs is 1. The Hall–Kier alpha value is -0.210. The Balaban J connectivity index is 2.15. The molecular formula is C10H18NO+. The molecule has 2 heterocycles. The van der Waals surface area contributed by atoms with Gasteiger partial charge in [0, 0.05) is 5.54 Å². The molecule has 2 fully saturated rings. The number of nitrogens with zero attached hydrogens (tertiary/aromatic N) is 1. The second-order valence-corrected chi connectivity index (χ2v) is 4.74. The highest BCUT2D eigenvalue weighted by molar-refractivity contribution is 5.02. The molecule has 2 atom stereocenters. The van der Waals surface area contributed by atoms with Gasteiger partial charge < -0.3 is 5.11 Å². The van der Waals surface area contributed by atoms with Crippen LogP contribution in [0.3, 0.4) is 0 Å². The first kappa shape index (κ1) is 8.39. The van der Waals surface area contributed by atoms with Crippen LogP contribution in [0.25, 0.3) is 0 Å². The first-order valence-electron chi connectivity index (χ1n) is 4.86. The molecule has 1 N–H and O–H groups in total. The quantitative estimate of drug-likeness (QED) is 0.549. The highest BCUT2D eigenvalue weighted by Crippen LogP contribution is 2.36. The molecular weight excluding hydrogens is 150 g/mol. The molecule has 0 aromatic rings. The van der Waals surface area contributed by atoms with E-state index in [0.29, 0.717) is 6.04 Å². The number of hydrogen-bond acceptors (Lipinski definition) is 2. The summed E-state index contributed by atoms with van der Waals surface area (Å²) in [5.41, 5.74) is 0.204. The van der Waals surface area contributed by atoms with Crippen LogP contribution in [0, 0.1) is 6.42 Å². The number of aliphatic hydroxyl groups is 1. The van der Waals surface area contributed by atoms with Gasteiger partial charge in [-0.2, -0.15) is 0 Å². The second-order valence-electron chi connectivity index (χ2n) is 4.74. The summed E-state index contributed by atoms with van der Waals surface area (Å²) in [4.78, 5) is 2.53. The zero-order valence-electron chi connectivity index (χ0n) is 7.95. The van der Waals surface area contributed by atoms with Crippen LogP contribution in [0.15, 0.2) is 0 Å². The molecule has 0 radical (unpaired) electrons. The van der Waals surface area contributed by atoms with Gasteiger partial charge in [0.05, 0.1) is 18.6 Å². The first-order valence-corrected chi connectivity index (χ1v) is 4.86. The summed E-state index contributed by atoms with van der Waals surface area (Å²) >= 11 is 0. The van der Waals surface area contributed by atoms with Crippen LogP contribution >= 0.6 is 0 Å². The lowest BCUT2D eigenvalue weighted by Gasteiger charge is -2.43. The van der Waals surface area contributed by atoms with Gasteiger partial charge in [-0.1, -0.05) is 0 Å². The molecule has 68 valence electrons. The van der Waals surface area contributed by atoms with Gasteiger partial charge in [0.25, 0.3) is 0 Å². The fourth-order valence-corrected chi connectivity index (χ4v) is 2.74. The third kappa shape index (κ3) is 1.23. The van der Waals surface area contributed by atoms with Crippen molar-refractivity contribution in [3.8, 4) is 0 Å². The molecule has 0 aromatic heterocycles. The van der Waals surface area contributed by atoms with Gasteiger partial charge in [-0.25, -0.2) is 0 Å². The van der Waals surface area contributed by atoms with Gasteiger partial charge in [-0.3, -0.25) is 4.90 Å². The molecule has 0 saturated carbocycles. The van der Waals surface area contributed by atoms with Crippen LogP contribution in [0.2, 0.25) is 0 Å². The summed E-state index contributed by atoms with van der Waals surface area (Å²) < 4.78 is 0. The predicted molar refractivity (Wildman–Crippen MR) is 48.7 cm³/mol. The largest absolute Gasteiger partial charge is 0.393 e. The molecule has 2 saturated heterocycles. The Bertz CT molecular complexity index is 179. The van der Waals surface area contributed by atoms with Crippen molar-refractivity contribution in [3.05, 3.63) is 6.42 Å². The summed E-state index contributed by atoms with van der Waals surface area (Å²) in [6.45, 7) is 5.59. The highest BCUT2D eigenvalue weighted by Gasteiger charge is 2.46. The molecule has 0 unspecified atom stereocenters. The number of piperidine rings is 1. The summed E-state index contributed by atoms with van der Waals surface area (Å²) in [6, 6.07) is 0.615. The third-order valence-corrected chi connectivity index (χ3v) is 3.26. The van der Waals surface area contributed by atoms with E-state index < -0.39 is 0 Å². The standard InChI is InChI=1S/C10H18NO/c1-10(2)7-9(12)6-8-4-3-5-11(8)10/h3,8-9,12H,4-7H2,1-2H3/q+1/t8-,9-/m0/s1. The Morgan fingerprint density at radius 3 is 3.00 bits per heavy atom. The maximum Gasteiger partial charge on any atom is 0.142 e. The average molecular weight is 168 g/mol. The molecule has 0 aliphatic carbocycles. The van der Waals surface area contributed by atoms with Gasteiger partial charge in [0.2, 0.25) is 0 Å². The minimum absolute atomic E-state index is 0.0762. The highest BCUT2D eigenvalue weighted by atomic mass is 16.3. The molecule has 0 aromatic carbocycles. The number of rotatable bonds is 0. The molecule has 0 bridgehead atoms. The Morgan fingerprint density at radius 2 is 2.25 bits per heavy atom. The van der Waals surface area contributed by atoms with Crippen molar-refractivity contribution in [1.82, 2.24) is 4.90 Å². The van der Waals surface area contributed by atoms with Gasteiger partial charge >= 0.3 is 0 Å². The van der Waals surface area contributed by atoms with Gasteiger partial charge in [-0.15, -0.1) is 0 Å². The minimum atomic E-state index is -0.0762. The van der Waals surface area contributed by atoms with Crippen molar-refractivity contribution in [2.45, 2.75) is 50.8 Å². The van der Waals surface area contributed by atoms with Gasteiger partial charge in [0.15, 0.2) is 0 Å². The zero-order valence-corrected chi connectivity index (χ0v) is 7.95. The maximum atomic E-state index is 9.65. The van der Waals surface area contributed by atoms with Crippen molar-refractivity contribution < 1.29 is 5.11 Å². The molecule has 2 heteroatoms. The van der Waals surface area contributed by atoms with Crippen LogP contribution in [-0.2, 0) is 0 Å². The lowest BCUT2D eigenvalue weighted by Crippen LogP contribution is -2.53. The second kappa shape index (κ2) is 2.64. The topological polar surface area (TPSA) is 23.5 Å². The van der Waals surface area contributed by atoms with E-state index in [1.54, 1.807) is 0 Å². The van der Waals surface area contributed by atoms with E-state index in [2.05, 4.69) is 25.2 Å². The SMILES string of the molecule is CC1(C)C[C@@H](O)C[C@@H]2C[CH+]CN21. The van der Waals surface area contributed by atoms with E-state index in [1.807, 2.05) is 0 Å². The molecule has 2 aliphatic rings. The fourth-order valence-electron chi connectivity index (χ4n) is 2.74. The van der Waals surface area contributed by atoms with Crippen molar-refractivity contribution >= 4 is 0 Å². The summed E-state index contributed by atoms with van der Waals surface area (Å²) in [7, 11) is 0. The van der Waals surface area contributed by atoms with Crippen LogP contribution in [0.5, 0.6) is 0 Å².